The number of nitrogens with zero attached hydrogens (tertiary/aromatic N) is 3. The van der Waals surface area contributed by atoms with Gasteiger partial charge in [-0.25, -0.2) is 9.97 Å². The minimum atomic E-state index is 0.402. The highest BCUT2D eigenvalue weighted by molar-refractivity contribution is 9.10. The number of benzene rings is 1. The molecule has 5 heteroatoms. The predicted octanol–water partition coefficient (Wildman–Crippen LogP) is 4.57. The van der Waals surface area contributed by atoms with Crippen molar-refractivity contribution in [1.29, 1.82) is 0 Å². The van der Waals surface area contributed by atoms with Crippen molar-refractivity contribution in [2.75, 3.05) is 0 Å². The van der Waals surface area contributed by atoms with Crippen LogP contribution in [0.2, 0.25) is 0 Å². The maximum atomic E-state index is 6.02. The molecule has 0 fully saturated rings. The predicted molar refractivity (Wildman–Crippen MR) is 89.5 cm³/mol. The van der Waals surface area contributed by atoms with E-state index in [2.05, 4.69) is 54.7 Å². The van der Waals surface area contributed by atoms with Gasteiger partial charge in [0.25, 0.3) is 0 Å². The smallest absolute Gasteiger partial charge is 0.160 e. The van der Waals surface area contributed by atoms with Gasteiger partial charge in [-0.2, -0.15) is 0 Å². The summed E-state index contributed by atoms with van der Waals surface area (Å²) in [6.07, 6.45) is 3.88. The van der Waals surface area contributed by atoms with Crippen LogP contribution in [0.1, 0.15) is 17.8 Å². The average molecular weight is 365 g/mol. The van der Waals surface area contributed by atoms with Crippen molar-refractivity contribution in [2.24, 2.45) is 0 Å². The number of imidazole rings is 1. The van der Waals surface area contributed by atoms with Gasteiger partial charge in [0.15, 0.2) is 5.65 Å². The van der Waals surface area contributed by atoms with E-state index in [4.69, 9.17) is 11.6 Å². The molecule has 0 saturated heterocycles. The summed E-state index contributed by atoms with van der Waals surface area (Å²) in [6, 6.07) is 12.5. The molecule has 0 radical (unpaired) electrons. The molecule has 21 heavy (non-hydrogen) atoms. The first-order valence-corrected chi connectivity index (χ1v) is 8.21. The van der Waals surface area contributed by atoms with Crippen LogP contribution in [-0.4, -0.2) is 14.5 Å². The zero-order valence-electron chi connectivity index (χ0n) is 11.5. The highest BCUT2D eigenvalue weighted by Gasteiger charge is 2.11. The van der Waals surface area contributed by atoms with Crippen molar-refractivity contribution < 1.29 is 0 Å². The van der Waals surface area contributed by atoms with Crippen molar-refractivity contribution in [1.82, 2.24) is 14.5 Å². The Labute approximate surface area is 137 Å². The largest absolute Gasteiger partial charge is 0.312 e. The lowest BCUT2D eigenvalue weighted by molar-refractivity contribution is 0.634. The van der Waals surface area contributed by atoms with Crippen LogP contribution in [0.4, 0.5) is 0 Å². The van der Waals surface area contributed by atoms with Gasteiger partial charge in [-0.3, -0.25) is 0 Å². The summed E-state index contributed by atoms with van der Waals surface area (Å²) in [6.45, 7) is 0.877. The van der Waals surface area contributed by atoms with E-state index in [9.17, 15) is 0 Å². The molecule has 1 aromatic carbocycles. The molecule has 0 aliphatic heterocycles. The third-order valence-electron chi connectivity index (χ3n) is 3.44. The average Bonchev–Trinajstić information content (AvgIpc) is 2.85. The van der Waals surface area contributed by atoms with Crippen molar-refractivity contribution in [2.45, 2.75) is 25.3 Å². The monoisotopic (exact) mass is 363 g/mol. The SMILES string of the molecule is ClCc1nc2cc(Br)cnc2n1CCCc1ccccc1. The maximum absolute atomic E-state index is 6.02. The van der Waals surface area contributed by atoms with Crippen LogP contribution in [0, 0.1) is 0 Å². The Bertz CT molecular complexity index is 740. The number of pyridine rings is 1. The number of aromatic nitrogens is 3. The fraction of sp³-hybridized carbons (Fsp3) is 0.250. The minimum absolute atomic E-state index is 0.402. The highest BCUT2D eigenvalue weighted by atomic mass is 79.9. The molecule has 0 saturated carbocycles. The van der Waals surface area contributed by atoms with Gasteiger partial charge in [0.05, 0.1) is 5.88 Å². The van der Waals surface area contributed by atoms with Crippen LogP contribution in [0.5, 0.6) is 0 Å². The van der Waals surface area contributed by atoms with E-state index in [1.807, 2.05) is 12.1 Å². The Morgan fingerprint density at radius 3 is 2.76 bits per heavy atom. The Balaban J connectivity index is 1.79. The molecule has 0 aliphatic carbocycles. The lowest BCUT2D eigenvalue weighted by atomic mass is 10.1. The summed E-state index contributed by atoms with van der Waals surface area (Å²) in [5.74, 6) is 1.28. The summed E-state index contributed by atoms with van der Waals surface area (Å²) in [4.78, 5) is 9.03. The van der Waals surface area contributed by atoms with Crippen LogP contribution < -0.4 is 0 Å². The van der Waals surface area contributed by atoms with E-state index < -0.39 is 0 Å². The molecule has 3 rings (SSSR count). The van der Waals surface area contributed by atoms with Crippen LogP contribution in [0.3, 0.4) is 0 Å². The van der Waals surface area contributed by atoms with Gasteiger partial charge in [-0.15, -0.1) is 11.6 Å². The number of halogens is 2. The number of hydrogen-bond donors (Lipinski definition) is 0. The molecular weight excluding hydrogens is 350 g/mol. The molecular formula is C16H15BrClN3. The van der Waals surface area contributed by atoms with Gasteiger partial charge in [0.1, 0.15) is 11.3 Å². The number of aryl methyl sites for hydroxylation is 2. The van der Waals surface area contributed by atoms with Crippen molar-refractivity contribution in [3.05, 3.63) is 58.5 Å². The van der Waals surface area contributed by atoms with Gasteiger partial charge in [-0.05, 0) is 40.4 Å². The fourth-order valence-electron chi connectivity index (χ4n) is 2.46. The molecule has 0 amide bonds. The second-order valence-electron chi connectivity index (χ2n) is 4.90. The van der Waals surface area contributed by atoms with E-state index in [1.54, 1.807) is 6.20 Å². The summed E-state index contributed by atoms with van der Waals surface area (Å²) in [5, 5.41) is 0. The van der Waals surface area contributed by atoms with Crippen LogP contribution >= 0.6 is 27.5 Å². The molecule has 0 N–H and O–H groups in total. The van der Waals surface area contributed by atoms with Gasteiger partial charge in [0.2, 0.25) is 0 Å². The van der Waals surface area contributed by atoms with E-state index in [1.165, 1.54) is 5.56 Å². The summed E-state index contributed by atoms with van der Waals surface area (Å²) >= 11 is 9.44. The zero-order valence-corrected chi connectivity index (χ0v) is 13.8. The van der Waals surface area contributed by atoms with Gasteiger partial charge in [0, 0.05) is 17.2 Å². The van der Waals surface area contributed by atoms with Crippen LogP contribution in [0.25, 0.3) is 11.2 Å². The lowest BCUT2D eigenvalue weighted by Gasteiger charge is -2.07. The first-order chi connectivity index (χ1) is 10.3. The molecule has 2 heterocycles. The Morgan fingerprint density at radius 2 is 2.00 bits per heavy atom. The molecule has 2 aromatic heterocycles. The minimum Gasteiger partial charge on any atom is -0.312 e. The second kappa shape index (κ2) is 6.58. The van der Waals surface area contributed by atoms with E-state index in [0.717, 1.165) is 40.8 Å². The van der Waals surface area contributed by atoms with Gasteiger partial charge >= 0.3 is 0 Å². The summed E-state index contributed by atoms with van der Waals surface area (Å²) < 4.78 is 3.06. The first-order valence-electron chi connectivity index (χ1n) is 6.88. The number of hydrogen-bond acceptors (Lipinski definition) is 2. The standard InChI is InChI=1S/C16H15BrClN3/c17-13-9-14-16(19-11-13)21(15(10-18)20-14)8-4-7-12-5-2-1-3-6-12/h1-3,5-6,9,11H,4,7-8,10H2. The Kier molecular flexibility index (Phi) is 4.56. The van der Waals surface area contributed by atoms with Crippen LogP contribution in [-0.2, 0) is 18.8 Å². The van der Waals surface area contributed by atoms with E-state index >= 15 is 0 Å². The summed E-state index contributed by atoms with van der Waals surface area (Å²) in [7, 11) is 0. The molecule has 0 bridgehead atoms. The topological polar surface area (TPSA) is 30.7 Å². The van der Waals surface area contributed by atoms with Gasteiger partial charge < -0.3 is 4.57 Å². The van der Waals surface area contributed by atoms with E-state index in [-0.39, 0.29) is 0 Å². The van der Waals surface area contributed by atoms with Crippen LogP contribution in [0.15, 0.2) is 47.1 Å². The second-order valence-corrected chi connectivity index (χ2v) is 6.08. The quantitative estimate of drug-likeness (QED) is 0.621. The van der Waals surface area contributed by atoms with Crippen molar-refractivity contribution in [3.63, 3.8) is 0 Å². The molecule has 0 unspecified atom stereocenters. The highest BCUT2D eigenvalue weighted by Crippen LogP contribution is 2.20. The third kappa shape index (κ3) is 3.27. The van der Waals surface area contributed by atoms with Gasteiger partial charge in [-0.1, -0.05) is 30.3 Å². The molecule has 0 spiro atoms. The van der Waals surface area contributed by atoms with Crippen molar-refractivity contribution >= 4 is 38.7 Å². The maximum Gasteiger partial charge on any atom is 0.160 e. The molecule has 3 aromatic rings. The van der Waals surface area contributed by atoms with Crippen molar-refractivity contribution in [3.8, 4) is 0 Å². The lowest BCUT2D eigenvalue weighted by Crippen LogP contribution is -2.04. The number of fused-ring (bicyclic) bond motifs is 1. The fourth-order valence-corrected chi connectivity index (χ4v) is 2.98. The normalized spacial score (nSPS) is 11.1. The summed E-state index contributed by atoms with van der Waals surface area (Å²) in [5.41, 5.74) is 3.15. The Hall–Kier alpha value is -1.39. The number of alkyl halides is 1. The van der Waals surface area contributed by atoms with E-state index in [0.29, 0.717) is 5.88 Å². The zero-order chi connectivity index (χ0) is 14.7. The molecule has 3 nitrogen and oxygen atoms in total. The third-order valence-corrected chi connectivity index (χ3v) is 4.11. The molecule has 0 atom stereocenters. The molecule has 0 aliphatic rings. The number of rotatable bonds is 5. The molecule has 108 valence electrons. The Morgan fingerprint density at radius 1 is 1.19 bits per heavy atom. The first kappa shape index (κ1) is 14.5.